The van der Waals surface area contributed by atoms with Crippen LogP contribution in [0, 0.1) is 5.41 Å². The highest BCUT2D eigenvalue weighted by Gasteiger charge is 2.52. The van der Waals surface area contributed by atoms with Gasteiger partial charge in [0.05, 0.1) is 19.4 Å². The van der Waals surface area contributed by atoms with E-state index in [4.69, 9.17) is 4.74 Å². The van der Waals surface area contributed by atoms with Crippen molar-refractivity contribution in [3.05, 3.63) is 35.0 Å². The van der Waals surface area contributed by atoms with E-state index in [9.17, 15) is 9.90 Å². The van der Waals surface area contributed by atoms with Gasteiger partial charge in [-0.1, -0.05) is 0 Å². The molecule has 148 valence electrons. The van der Waals surface area contributed by atoms with Crippen LogP contribution in [0.1, 0.15) is 28.0 Å². The van der Waals surface area contributed by atoms with Gasteiger partial charge in [0.2, 0.25) is 0 Å². The van der Waals surface area contributed by atoms with Crippen LogP contribution >= 0.6 is 0 Å². The van der Waals surface area contributed by atoms with Crippen molar-refractivity contribution >= 4 is 5.91 Å². The number of aliphatic hydroxyl groups excluding tert-OH is 1. The highest BCUT2D eigenvalue weighted by Crippen LogP contribution is 2.43. The van der Waals surface area contributed by atoms with Gasteiger partial charge in [-0.05, 0) is 50.1 Å². The lowest BCUT2D eigenvalue weighted by molar-refractivity contribution is 0.0108. The number of aromatic amines is 1. The molecule has 7 nitrogen and oxygen atoms in total. The van der Waals surface area contributed by atoms with Crippen LogP contribution < -0.4 is 4.74 Å². The molecule has 0 bridgehead atoms. The van der Waals surface area contributed by atoms with Crippen molar-refractivity contribution < 1.29 is 14.6 Å². The Hall–Kier alpha value is -2.38. The van der Waals surface area contributed by atoms with Crippen LogP contribution in [0.15, 0.2) is 18.2 Å². The van der Waals surface area contributed by atoms with Crippen LogP contribution in [0.4, 0.5) is 0 Å². The van der Waals surface area contributed by atoms with Crippen LogP contribution in [-0.4, -0.2) is 77.5 Å². The van der Waals surface area contributed by atoms with E-state index in [2.05, 4.69) is 28.2 Å². The first-order chi connectivity index (χ1) is 13.5. The van der Waals surface area contributed by atoms with E-state index in [0.29, 0.717) is 5.69 Å². The Balaban J connectivity index is 1.35. The number of aryl methyl sites for hydroxylation is 1. The summed E-state index contributed by atoms with van der Waals surface area (Å²) in [7, 11) is 3.73. The van der Waals surface area contributed by atoms with E-state index in [0.717, 1.165) is 61.5 Å². The summed E-state index contributed by atoms with van der Waals surface area (Å²) in [5.41, 5.74) is 4.99. The van der Waals surface area contributed by atoms with Gasteiger partial charge in [-0.15, -0.1) is 0 Å². The number of aromatic nitrogens is 2. The third-order valence-corrected chi connectivity index (χ3v) is 6.72. The molecule has 2 N–H and O–H groups in total. The lowest BCUT2D eigenvalue weighted by Gasteiger charge is -2.48. The fraction of sp³-hybridized carbons (Fsp3) is 0.524. The van der Waals surface area contributed by atoms with Crippen LogP contribution in [0.5, 0.6) is 5.75 Å². The van der Waals surface area contributed by atoms with Gasteiger partial charge in [-0.3, -0.25) is 9.89 Å². The molecule has 28 heavy (non-hydrogen) atoms. The van der Waals surface area contributed by atoms with Crippen molar-refractivity contribution in [2.75, 3.05) is 40.4 Å². The number of methoxy groups -OCH3 is 1. The van der Waals surface area contributed by atoms with Gasteiger partial charge in [0.15, 0.2) is 0 Å². The van der Waals surface area contributed by atoms with Crippen molar-refractivity contribution in [3.63, 3.8) is 0 Å². The molecule has 0 radical (unpaired) electrons. The van der Waals surface area contributed by atoms with Crippen LogP contribution in [0.3, 0.4) is 0 Å². The Morgan fingerprint density at radius 1 is 1.36 bits per heavy atom. The van der Waals surface area contributed by atoms with Gasteiger partial charge in [-0.25, -0.2) is 0 Å². The lowest BCUT2D eigenvalue weighted by atomic mass is 9.77. The predicted molar refractivity (Wildman–Crippen MR) is 104 cm³/mol. The molecule has 1 aromatic carbocycles. The standard InChI is InChI=1S/C21H26N4O3/c1-24-10-21(8-14(24)9-26)11-25(12-21)20(27)19-17-5-3-13-7-15(28-2)4-6-16(13)18(17)22-23-19/h4,6-7,14,26H,3,5,8-12H2,1-2H3,(H,22,23). The zero-order chi connectivity index (χ0) is 19.5. The average molecular weight is 382 g/mol. The number of ether oxygens (including phenoxy) is 1. The second kappa shape index (κ2) is 6.32. The summed E-state index contributed by atoms with van der Waals surface area (Å²) in [5, 5.41) is 17.0. The molecule has 2 saturated heterocycles. The second-order valence-electron chi connectivity index (χ2n) is 8.57. The fourth-order valence-electron chi connectivity index (χ4n) is 5.28. The number of fused-ring (bicyclic) bond motifs is 3. The molecule has 0 saturated carbocycles. The van der Waals surface area contributed by atoms with Crippen molar-refractivity contribution in [1.29, 1.82) is 0 Å². The Kier molecular flexibility index (Phi) is 4.00. The van der Waals surface area contributed by atoms with E-state index >= 15 is 0 Å². The number of amides is 1. The normalized spacial score (nSPS) is 22.7. The van der Waals surface area contributed by atoms with Crippen molar-refractivity contribution in [2.45, 2.75) is 25.3 Å². The zero-order valence-corrected chi connectivity index (χ0v) is 16.4. The Morgan fingerprint density at radius 2 is 2.18 bits per heavy atom. The number of hydrogen-bond donors (Lipinski definition) is 2. The molecule has 1 atom stereocenters. The first-order valence-electron chi connectivity index (χ1n) is 9.88. The Morgan fingerprint density at radius 3 is 2.89 bits per heavy atom. The summed E-state index contributed by atoms with van der Waals surface area (Å²) in [6.07, 6.45) is 2.65. The molecular weight excluding hydrogens is 356 g/mol. The smallest absolute Gasteiger partial charge is 0.272 e. The maximum absolute atomic E-state index is 13.1. The first kappa shape index (κ1) is 17.7. The number of hydrogen-bond acceptors (Lipinski definition) is 5. The molecule has 2 fully saturated rings. The summed E-state index contributed by atoms with van der Waals surface area (Å²) in [6.45, 7) is 2.64. The van der Waals surface area contributed by atoms with Crippen molar-refractivity contribution in [3.8, 4) is 17.0 Å². The number of rotatable bonds is 3. The molecule has 5 rings (SSSR count). The molecule has 2 aliphatic heterocycles. The third-order valence-electron chi connectivity index (χ3n) is 6.72. The highest BCUT2D eigenvalue weighted by molar-refractivity contribution is 5.96. The van der Waals surface area contributed by atoms with Gasteiger partial charge in [0, 0.05) is 42.2 Å². The minimum atomic E-state index is 0.0476. The minimum Gasteiger partial charge on any atom is -0.497 e. The van der Waals surface area contributed by atoms with E-state index in [1.54, 1.807) is 7.11 Å². The predicted octanol–water partition coefficient (Wildman–Crippen LogP) is 1.32. The van der Waals surface area contributed by atoms with Gasteiger partial charge in [0.25, 0.3) is 5.91 Å². The molecule has 2 aromatic rings. The molecule has 1 amide bonds. The highest BCUT2D eigenvalue weighted by atomic mass is 16.5. The van der Waals surface area contributed by atoms with E-state index < -0.39 is 0 Å². The molecule has 3 heterocycles. The largest absolute Gasteiger partial charge is 0.497 e. The molecule has 1 spiro atoms. The first-order valence-corrected chi connectivity index (χ1v) is 9.88. The van der Waals surface area contributed by atoms with E-state index in [-0.39, 0.29) is 24.0 Å². The minimum absolute atomic E-state index is 0.0476. The fourth-order valence-corrected chi connectivity index (χ4v) is 5.28. The molecule has 1 unspecified atom stereocenters. The average Bonchev–Trinajstić information content (AvgIpc) is 3.27. The third kappa shape index (κ3) is 2.57. The summed E-state index contributed by atoms with van der Waals surface area (Å²) >= 11 is 0. The number of nitrogens with one attached hydrogen (secondary N) is 1. The van der Waals surface area contributed by atoms with Gasteiger partial charge < -0.3 is 19.6 Å². The number of carbonyl (C=O) groups is 1. The number of benzene rings is 1. The molecular formula is C21H26N4O3. The molecule has 3 aliphatic rings. The van der Waals surface area contributed by atoms with E-state index in [1.807, 2.05) is 17.0 Å². The van der Waals surface area contributed by atoms with Crippen LogP contribution in [0.2, 0.25) is 0 Å². The van der Waals surface area contributed by atoms with Gasteiger partial charge in [0.1, 0.15) is 11.4 Å². The maximum atomic E-state index is 13.1. The summed E-state index contributed by atoms with van der Waals surface area (Å²) in [4.78, 5) is 17.3. The number of likely N-dealkylation sites (tertiary alicyclic amines) is 2. The second-order valence-corrected chi connectivity index (χ2v) is 8.57. The topological polar surface area (TPSA) is 81.7 Å². The zero-order valence-electron chi connectivity index (χ0n) is 16.4. The quantitative estimate of drug-likeness (QED) is 0.837. The van der Waals surface area contributed by atoms with Crippen LogP contribution in [-0.2, 0) is 12.8 Å². The SMILES string of the molecule is COc1ccc2c(c1)CCc1c-2n[nH]c1C(=O)N1CC2(CC(CO)N(C)C2)C1. The number of nitrogens with zero attached hydrogens (tertiary/aromatic N) is 3. The van der Waals surface area contributed by atoms with Gasteiger partial charge in [-0.2, -0.15) is 5.10 Å². The van der Waals surface area contributed by atoms with Crippen molar-refractivity contribution in [2.24, 2.45) is 5.41 Å². The van der Waals surface area contributed by atoms with E-state index in [1.165, 1.54) is 5.56 Å². The number of likely N-dealkylation sites (N-methyl/N-ethyl adjacent to an activating group) is 1. The van der Waals surface area contributed by atoms with Crippen LogP contribution in [0.25, 0.3) is 11.3 Å². The summed E-state index contributed by atoms with van der Waals surface area (Å²) in [5.74, 6) is 0.897. The summed E-state index contributed by atoms with van der Waals surface area (Å²) < 4.78 is 5.33. The molecule has 1 aliphatic carbocycles. The number of H-pyrrole nitrogens is 1. The van der Waals surface area contributed by atoms with Crippen molar-refractivity contribution in [1.82, 2.24) is 20.0 Å². The molecule has 7 heteroatoms. The van der Waals surface area contributed by atoms with Gasteiger partial charge >= 0.3 is 0 Å². The lowest BCUT2D eigenvalue weighted by Crippen LogP contribution is -2.59. The summed E-state index contributed by atoms with van der Waals surface area (Å²) in [6, 6.07) is 6.24. The monoisotopic (exact) mass is 382 g/mol. The Labute approximate surface area is 164 Å². The maximum Gasteiger partial charge on any atom is 0.272 e. The Bertz CT molecular complexity index is 932. The number of carbonyl (C=O) groups excluding carboxylic acids is 1. The number of aliphatic hydroxyl groups is 1. The molecule has 1 aromatic heterocycles.